The Hall–Kier alpha value is -2.15. The lowest BCUT2D eigenvalue weighted by atomic mass is 9.84. The van der Waals surface area contributed by atoms with E-state index in [1.807, 2.05) is 37.6 Å². The molecule has 7 heteroatoms. The van der Waals surface area contributed by atoms with Gasteiger partial charge in [0.15, 0.2) is 11.1 Å². The van der Waals surface area contributed by atoms with Gasteiger partial charge < -0.3 is 15.5 Å². The first-order valence-corrected chi connectivity index (χ1v) is 9.30. The number of aromatic nitrogens is 1. The second-order valence-electron chi connectivity index (χ2n) is 6.83. The number of aliphatic imine (C=N–C) groups is 1. The lowest BCUT2D eigenvalue weighted by Crippen LogP contribution is -2.51. The quantitative estimate of drug-likeness (QED) is 0.672. The van der Waals surface area contributed by atoms with Crippen LogP contribution in [0.4, 0.5) is 9.52 Å². The van der Waals surface area contributed by atoms with Crippen LogP contribution in [-0.2, 0) is 5.41 Å². The molecule has 0 amide bonds. The molecular weight excluding hydrogens is 337 g/mol. The molecule has 0 unspecified atom stereocenters. The standard InChI is InChI=1S/C18H24FN5S/c1-18(2,14-5-3-4-6-15(14)19)13-22-16(20)23-8-10-24(11-9-23)17-21-7-12-25-17/h3-7,12H,8-11,13H2,1-2H3,(H2,20,22). The number of hydrogen-bond acceptors (Lipinski definition) is 4. The van der Waals surface area contributed by atoms with Crippen molar-refractivity contribution in [2.45, 2.75) is 19.3 Å². The van der Waals surface area contributed by atoms with Crippen LogP contribution in [0.1, 0.15) is 19.4 Å². The van der Waals surface area contributed by atoms with Crippen LogP contribution in [0, 0.1) is 5.82 Å². The Morgan fingerprint density at radius 3 is 2.64 bits per heavy atom. The number of anilines is 1. The van der Waals surface area contributed by atoms with Gasteiger partial charge in [-0.3, -0.25) is 4.99 Å². The Morgan fingerprint density at radius 2 is 2.00 bits per heavy atom. The minimum atomic E-state index is -0.404. The molecule has 1 aliphatic rings. The molecule has 5 nitrogen and oxygen atoms in total. The van der Waals surface area contributed by atoms with E-state index in [1.165, 1.54) is 6.07 Å². The van der Waals surface area contributed by atoms with E-state index in [9.17, 15) is 4.39 Å². The molecule has 0 aliphatic carbocycles. The summed E-state index contributed by atoms with van der Waals surface area (Å²) in [6.45, 7) is 7.81. The highest BCUT2D eigenvalue weighted by Crippen LogP contribution is 2.26. The summed E-state index contributed by atoms with van der Waals surface area (Å²) in [5, 5.41) is 3.04. The molecule has 2 aromatic rings. The number of thiazole rings is 1. The molecule has 1 aromatic heterocycles. The van der Waals surface area contributed by atoms with Crippen LogP contribution in [0.2, 0.25) is 0 Å². The van der Waals surface area contributed by atoms with Crippen LogP contribution in [0.3, 0.4) is 0 Å². The van der Waals surface area contributed by atoms with Crippen molar-refractivity contribution in [2.24, 2.45) is 10.7 Å². The number of nitrogens with zero attached hydrogens (tertiary/aromatic N) is 4. The maximum atomic E-state index is 14.0. The lowest BCUT2D eigenvalue weighted by Gasteiger charge is -2.35. The molecule has 1 aliphatic heterocycles. The number of piperazine rings is 1. The number of hydrogen-bond donors (Lipinski definition) is 1. The van der Waals surface area contributed by atoms with Crippen LogP contribution in [0.25, 0.3) is 0 Å². The molecule has 0 bridgehead atoms. The third kappa shape index (κ3) is 4.10. The highest BCUT2D eigenvalue weighted by molar-refractivity contribution is 7.13. The summed E-state index contributed by atoms with van der Waals surface area (Å²) in [6.07, 6.45) is 1.83. The Morgan fingerprint density at radius 1 is 1.28 bits per heavy atom. The van der Waals surface area contributed by atoms with Gasteiger partial charge in [-0.05, 0) is 11.6 Å². The Bertz CT molecular complexity index is 721. The van der Waals surface area contributed by atoms with E-state index in [-0.39, 0.29) is 5.82 Å². The van der Waals surface area contributed by atoms with Crippen LogP contribution in [-0.4, -0.2) is 48.6 Å². The maximum absolute atomic E-state index is 14.0. The zero-order chi connectivity index (χ0) is 17.9. The van der Waals surface area contributed by atoms with E-state index in [2.05, 4.69) is 19.8 Å². The normalized spacial score (nSPS) is 16.4. The van der Waals surface area contributed by atoms with Crippen molar-refractivity contribution in [3.8, 4) is 0 Å². The third-order valence-electron chi connectivity index (χ3n) is 4.53. The number of benzene rings is 1. The molecule has 3 rings (SSSR count). The van der Waals surface area contributed by atoms with Gasteiger partial charge in [-0.25, -0.2) is 9.37 Å². The summed E-state index contributed by atoms with van der Waals surface area (Å²) in [5.74, 6) is 0.335. The molecule has 2 heterocycles. The van der Waals surface area contributed by atoms with Crippen molar-refractivity contribution in [1.29, 1.82) is 0 Å². The van der Waals surface area contributed by atoms with Crippen LogP contribution < -0.4 is 10.6 Å². The summed E-state index contributed by atoms with van der Waals surface area (Å²) < 4.78 is 14.0. The molecule has 0 saturated carbocycles. The molecule has 1 saturated heterocycles. The molecule has 1 fully saturated rings. The topological polar surface area (TPSA) is 57.8 Å². The molecule has 0 atom stereocenters. The number of guanidine groups is 1. The van der Waals surface area contributed by atoms with Crippen molar-refractivity contribution in [2.75, 3.05) is 37.6 Å². The highest BCUT2D eigenvalue weighted by atomic mass is 32.1. The number of rotatable bonds is 4. The Balaban J connectivity index is 1.60. The van der Waals surface area contributed by atoms with E-state index in [4.69, 9.17) is 5.73 Å². The fourth-order valence-electron chi connectivity index (χ4n) is 2.97. The van der Waals surface area contributed by atoms with Crippen LogP contribution in [0.15, 0.2) is 40.8 Å². The summed E-state index contributed by atoms with van der Waals surface area (Å²) >= 11 is 1.65. The SMILES string of the molecule is CC(C)(CN=C(N)N1CCN(c2nccs2)CC1)c1ccccc1F. The van der Waals surface area contributed by atoms with Gasteiger partial charge in [0.25, 0.3) is 0 Å². The summed E-state index contributed by atoms with van der Waals surface area (Å²) in [4.78, 5) is 13.2. The third-order valence-corrected chi connectivity index (χ3v) is 5.37. The van der Waals surface area contributed by atoms with E-state index >= 15 is 0 Å². The zero-order valence-corrected chi connectivity index (χ0v) is 15.5. The van der Waals surface area contributed by atoms with E-state index in [1.54, 1.807) is 17.4 Å². The zero-order valence-electron chi connectivity index (χ0n) is 14.7. The van der Waals surface area contributed by atoms with Gasteiger partial charge in [0.2, 0.25) is 0 Å². The molecule has 134 valence electrons. The van der Waals surface area contributed by atoms with Gasteiger partial charge in [-0.1, -0.05) is 32.0 Å². The van der Waals surface area contributed by atoms with Gasteiger partial charge in [0.1, 0.15) is 5.82 Å². The summed E-state index contributed by atoms with van der Waals surface area (Å²) in [5.41, 5.74) is 6.45. The number of nitrogens with two attached hydrogens (primary N) is 1. The first-order valence-electron chi connectivity index (χ1n) is 8.42. The molecule has 25 heavy (non-hydrogen) atoms. The fourth-order valence-corrected chi connectivity index (χ4v) is 3.67. The molecule has 0 radical (unpaired) electrons. The van der Waals surface area contributed by atoms with E-state index in [0.717, 1.165) is 31.3 Å². The second-order valence-corrected chi connectivity index (χ2v) is 7.70. The smallest absolute Gasteiger partial charge is 0.191 e. The van der Waals surface area contributed by atoms with Gasteiger partial charge in [-0.15, -0.1) is 11.3 Å². The number of halogens is 1. The maximum Gasteiger partial charge on any atom is 0.191 e. The van der Waals surface area contributed by atoms with Crippen molar-refractivity contribution in [3.63, 3.8) is 0 Å². The molecule has 0 spiro atoms. The predicted octanol–water partition coefficient (Wildman–Crippen LogP) is 2.70. The monoisotopic (exact) mass is 361 g/mol. The van der Waals surface area contributed by atoms with Crippen molar-refractivity contribution in [3.05, 3.63) is 47.2 Å². The fraction of sp³-hybridized carbons (Fsp3) is 0.444. The Labute approximate surface area is 152 Å². The van der Waals surface area contributed by atoms with Gasteiger partial charge >= 0.3 is 0 Å². The molecule has 2 N–H and O–H groups in total. The van der Waals surface area contributed by atoms with Crippen LogP contribution >= 0.6 is 11.3 Å². The van der Waals surface area contributed by atoms with Gasteiger partial charge in [-0.2, -0.15) is 0 Å². The first-order chi connectivity index (χ1) is 12.0. The minimum absolute atomic E-state index is 0.196. The molecule has 1 aromatic carbocycles. The minimum Gasteiger partial charge on any atom is -0.370 e. The van der Waals surface area contributed by atoms with Crippen molar-refractivity contribution >= 4 is 22.4 Å². The summed E-state index contributed by atoms with van der Waals surface area (Å²) in [6, 6.07) is 6.86. The lowest BCUT2D eigenvalue weighted by molar-refractivity contribution is 0.378. The van der Waals surface area contributed by atoms with Crippen molar-refractivity contribution < 1.29 is 4.39 Å². The second kappa shape index (κ2) is 7.39. The van der Waals surface area contributed by atoms with Crippen LogP contribution in [0.5, 0.6) is 0 Å². The summed E-state index contributed by atoms with van der Waals surface area (Å²) in [7, 11) is 0. The predicted molar refractivity (Wildman–Crippen MR) is 102 cm³/mol. The largest absolute Gasteiger partial charge is 0.370 e. The molecular formula is C18H24FN5S. The van der Waals surface area contributed by atoms with Gasteiger partial charge in [0.05, 0.1) is 6.54 Å². The average molecular weight is 361 g/mol. The first kappa shape index (κ1) is 17.7. The Kier molecular flexibility index (Phi) is 5.22. The van der Waals surface area contributed by atoms with Gasteiger partial charge in [0, 0.05) is 43.2 Å². The highest BCUT2D eigenvalue weighted by Gasteiger charge is 2.25. The average Bonchev–Trinajstić information content (AvgIpc) is 3.15. The van der Waals surface area contributed by atoms with E-state index in [0.29, 0.717) is 18.1 Å². The van der Waals surface area contributed by atoms with E-state index < -0.39 is 5.41 Å². The van der Waals surface area contributed by atoms with Crippen molar-refractivity contribution in [1.82, 2.24) is 9.88 Å².